The molecular formula is C22H23N5O4. The van der Waals surface area contributed by atoms with E-state index in [0.717, 1.165) is 25.9 Å². The predicted octanol–water partition coefficient (Wildman–Crippen LogP) is 3.04. The monoisotopic (exact) mass is 421 g/mol. The predicted molar refractivity (Wildman–Crippen MR) is 113 cm³/mol. The molecule has 2 aromatic heterocycles. The van der Waals surface area contributed by atoms with Crippen molar-refractivity contribution in [2.75, 3.05) is 13.1 Å². The van der Waals surface area contributed by atoms with Gasteiger partial charge in [-0.3, -0.25) is 9.59 Å². The Hall–Kier alpha value is -3.75. The van der Waals surface area contributed by atoms with Crippen LogP contribution < -0.4 is 15.0 Å². The average molecular weight is 421 g/mol. The fourth-order valence-electron chi connectivity index (χ4n) is 3.30. The van der Waals surface area contributed by atoms with Gasteiger partial charge in [0.15, 0.2) is 5.75 Å². The summed E-state index contributed by atoms with van der Waals surface area (Å²) >= 11 is 0. The topological polar surface area (TPSA) is 110 Å². The Kier molecular flexibility index (Phi) is 5.92. The molecule has 0 spiro atoms. The summed E-state index contributed by atoms with van der Waals surface area (Å²) in [5.41, 5.74) is 0.377. The van der Waals surface area contributed by atoms with Crippen molar-refractivity contribution in [3.8, 4) is 28.6 Å². The molecule has 3 aromatic rings. The minimum Gasteiger partial charge on any atom is -0.491 e. The number of benzene rings is 1. The highest BCUT2D eigenvalue weighted by Gasteiger charge is 2.21. The molecule has 0 atom stereocenters. The highest BCUT2D eigenvalue weighted by molar-refractivity contribution is 5.90. The highest BCUT2D eigenvalue weighted by atomic mass is 16.5. The molecule has 1 amide bonds. The zero-order valence-electron chi connectivity index (χ0n) is 17.4. The van der Waals surface area contributed by atoms with E-state index in [1.54, 1.807) is 23.1 Å². The first kappa shape index (κ1) is 20.5. The van der Waals surface area contributed by atoms with Crippen molar-refractivity contribution in [1.29, 1.82) is 0 Å². The standard InChI is InChI=1S/C22H23N5O4/c1-14(2)30-16-9-15(20-23-6-5-19(28)26-20)10-17(11-16)31-18-12-24-21(25-13-18)22(29)27-7-3-4-8-27/h5-6,9-14H,3-4,7-8H2,1-2H3,(H,23,26,28). The minimum absolute atomic E-state index is 0.0508. The summed E-state index contributed by atoms with van der Waals surface area (Å²) in [6, 6.07) is 6.58. The zero-order chi connectivity index (χ0) is 21.8. The second-order valence-electron chi connectivity index (χ2n) is 7.49. The summed E-state index contributed by atoms with van der Waals surface area (Å²) in [6.07, 6.45) is 6.33. The molecule has 0 bridgehead atoms. The van der Waals surface area contributed by atoms with Crippen molar-refractivity contribution in [2.45, 2.75) is 32.8 Å². The first-order valence-corrected chi connectivity index (χ1v) is 10.1. The first-order chi connectivity index (χ1) is 15.0. The van der Waals surface area contributed by atoms with E-state index in [2.05, 4.69) is 19.9 Å². The van der Waals surface area contributed by atoms with E-state index in [1.165, 1.54) is 24.7 Å². The minimum atomic E-state index is -0.255. The molecule has 1 aromatic carbocycles. The Morgan fingerprint density at radius 1 is 1.03 bits per heavy atom. The number of aromatic nitrogens is 4. The SMILES string of the molecule is CC(C)Oc1cc(Oc2cnc(C(=O)N3CCCC3)nc2)cc(-c2nccc(=O)[nH]2)c1. The molecule has 160 valence electrons. The van der Waals surface area contributed by atoms with E-state index in [9.17, 15) is 9.59 Å². The van der Waals surface area contributed by atoms with E-state index in [4.69, 9.17) is 9.47 Å². The van der Waals surface area contributed by atoms with E-state index in [-0.39, 0.29) is 23.4 Å². The van der Waals surface area contributed by atoms with Gasteiger partial charge in [-0.05, 0) is 38.8 Å². The lowest BCUT2D eigenvalue weighted by atomic mass is 10.2. The van der Waals surface area contributed by atoms with Crippen molar-refractivity contribution < 1.29 is 14.3 Å². The molecule has 0 saturated carbocycles. The average Bonchev–Trinajstić information content (AvgIpc) is 3.28. The van der Waals surface area contributed by atoms with Crippen LogP contribution in [-0.4, -0.2) is 49.9 Å². The molecular weight excluding hydrogens is 398 g/mol. The molecule has 1 saturated heterocycles. The summed E-state index contributed by atoms with van der Waals surface area (Å²) in [5, 5.41) is 0. The molecule has 31 heavy (non-hydrogen) atoms. The van der Waals surface area contributed by atoms with Crippen LogP contribution in [0.25, 0.3) is 11.4 Å². The van der Waals surface area contributed by atoms with Gasteiger partial charge in [-0.15, -0.1) is 0 Å². The number of rotatable bonds is 6. The van der Waals surface area contributed by atoms with Crippen LogP contribution in [0.2, 0.25) is 0 Å². The Morgan fingerprint density at radius 3 is 2.42 bits per heavy atom. The molecule has 0 aliphatic carbocycles. The number of ether oxygens (including phenoxy) is 2. The number of H-pyrrole nitrogens is 1. The summed E-state index contributed by atoms with van der Waals surface area (Å²) in [7, 11) is 0. The number of likely N-dealkylation sites (tertiary alicyclic amines) is 1. The molecule has 0 unspecified atom stereocenters. The molecule has 1 aliphatic rings. The molecule has 3 heterocycles. The lowest BCUT2D eigenvalue weighted by Gasteiger charge is -2.15. The maximum atomic E-state index is 12.4. The second-order valence-corrected chi connectivity index (χ2v) is 7.49. The summed E-state index contributed by atoms with van der Waals surface area (Å²) in [5.74, 6) is 1.78. The van der Waals surface area contributed by atoms with E-state index >= 15 is 0 Å². The van der Waals surface area contributed by atoms with Gasteiger partial charge < -0.3 is 19.4 Å². The molecule has 1 fully saturated rings. The van der Waals surface area contributed by atoms with Crippen LogP contribution in [0.4, 0.5) is 0 Å². The van der Waals surface area contributed by atoms with E-state index in [0.29, 0.717) is 28.6 Å². The third-order valence-corrected chi connectivity index (χ3v) is 4.64. The van der Waals surface area contributed by atoms with Crippen molar-refractivity contribution in [1.82, 2.24) is 24.8 Å². The maximum absolute atomic E-state index is 12.4. The second kappa shape index (κ2) is 8.95. The van der Waals surface area contributed by atoms with Crippen molar-refractivity contribution >= 4 is 5.91 Å². The Morgan fingerprint density at radius 2 is 1.74 bits per heavy atom. The summed E-state index contributed by atoms with van der Waals surface area (Å²) in [6.45, 7) is 5.31. The smallest absolute Gasteiger partial charge is 0.291 e. The molecule has 1 aliphatic heterocycles. The lowest BCUT2D eigenvalue weighted by Crippen LogP contribution is -2.29. The Balaban J connectivity index is 1.58. The van der Waals surface area contributed by atoms with Gasteiger partial charge in [0.25, 0.3) is 11.5 Å². The van der Waals surface area contributed by atoms with Crippen molar-refractivity contribution in [3.05, 3.63) is 59.0 Å². The number of hydrogen-bond donors (Lipinski definition) is 1. The lowest BCUT2D eigenvalue weighted by molar-refractivity contribution is 0.0780. The van der Waals surface area contributed by atoms with E-state index < -0.39 is 0 Å². The van der Waals surface area contributed by atoms with Gasteiger partial charge in [0.05, 0.1) is 18.5 Å². The van der Waals surface area contributed by atoms with Crippen LogP contribution in [0.5, 0.6) is 17.2 Å². The zero-order valence-corrected chi connectivity index (χ0v) is 17.4. The Bertz CT molecular complexity index is 1120. The van der Waals surface area contributed by atoms with Crippen LogP contribution in [0.15, 0.2) is 47.7 Å². The number of hydrogen-bond acceptors (Lipinski definition) is 7. The highest BCUT2D eigenvalue weighted by Crippen LogP contribution is 2.31. The maximum Gasteiger partial charge on any atom is 0.291 e. The molecule has 1 N–H and O–H groups in total. The number of nitrogens with zero attached hydrogens (tertiary/aromatic N) is 4. The van der Waals surface area contributed by atoms with Crippen LogP contribution in [0.1, 0.15) is 37.3 Å². The third-order valence-electron chi connectivity index (χ3n) is 4.64. The van der Waals surface area contributed by atoms with Crippen LogP contribution >= 0.6 is 0 Å². The van der Waals surface area contributed by atoms with Gasteiger partial charge in [0.2, 0.25) is 5.82 Å². The first-order valence-electron chi connectivity index (χ1n) is 10.1. The number of amides is 1. The van der Waals surface area contributed by atoms with Crippen molar-refractivity contribution in [2.24, 2.45) is 0 Å². The van der Waals surface area contributed by atoms with Crippen molar-refractivity contribution in [3.63, 3.8) is 0 Å². The van der Waals surface area contributed by atoms with Gasteiger partial charge in [-0.2, -0.15) is 0 Å². The van der Waals surface area contributed by atoms with Gasteiger partial charge >= 0.3 is 0 Å². The Labute approximate surface area is 179 Å². The molecule has 0 radical (unpaired) electrons. The number of carbonyl (C=O) groups excluding carboxylic acids is 1. The van der Waals surface area contributed by atoms with Gasteiger partial charge in [-0.1, -0.05) is 0 Å². The molecule has 9 nitrogen and oxygen atoms in total. The van der Waals surface area contributed by atoms with Gasteiger partial charge in [-0.25, -0.2) is 15.0 Å². The third kappa shape index (κ3) is 5.06. The molecule has 4 rings (SSSR count). The number of carbonyl (C=O) groups is 1. The van der Waals surface area contributed by atoms with Crippen LogP contribution in [-0.2, 0) is 0 Å². The largest absolute Gasteiger partial charge is 0.491 e. The van der Waals surface area contributed by atoms with E-state index in [1.807, 2.05) is 13.8 Å². The quantitative estimate of drug-likeness (QED) is 0.651. The van der Waals surface area contributed by atoms with Crippen LogP contribution in [0.3, 0.4) is 0 Å². The summed E-state index contributed by atoms with van der Waals surface area (Å²) < 4.78 is 11.7. The normalized spacial score (nSPS) is 13.5. The fourth-order valence-corrected chi connectivity index (χ4v) is 3.30. The molecule has 9 heteroatoms. The number of nitrogens with one attached hydrogen (secondary N) is 1. The van der Waals surface area contributed by atoms with Crippen LogP contribution in [0, 0.1) is 0 Å². The van der Waals surface area contributed by atoms with Gasteiger partial charge in [0.1, 0.15) is 17.3 Å². The number of aromatic amines is 1. The fraction of sp³-hybridized carbons (Fsp3) is 0.318. The summed E-state index contributed by atoms with van der Waals surface area (Å²) in [4.78, 5) is 41.1. The van der Waals surface area contributed by atoms with Gasteiger partial charge in [0, 0.05) is 37.0 Å².